The lowest BCUT2D eigenvalue weighted by Crippen LogP contribution is -2.31. The molecular formula is C15H20N2O2S. The van der Waals surface area contributed by atoms with Crippen molar-refractivity contribution in [2.75, 3.05) is 0 Å². The number of hydrogen-bond acceptors (Lipinski definition) is 3. The molecule has 1 N–H and O–H groups in total. The van der Waals surface area contributed by atoms with Crippen LogP contribution in [0.5, 0.6) is 0 Å². The lowest BCUT2D eigenvalue weighted by molar-refractivity contribution is -0.121. The van der Waals surface area contributed by atoms with E-state index in [-0.39, 0.29) is 17.5 Å². The van der Waals surface area contributed by atoms with Gasteiger partial charge in [-0.15, -0.1) is 0 Å². The van der Waals surface area contributed by atoms with Crippen molar-refractivity contribution in [3.8, 4) is 0 Å². The lowest BCUT2D eigenvalue weighted by atomic mass is 10.2. The van der Waals surface area contributed by atoms with Crippen LogP contribution in [0, 0.1) is 0 Å². The molecule has 5 heteroatoms. The first-order chi connectivity index (χ1) is 9.61. The highest BCUT2D eigenvalue weighted by Crippen LogP contribution is 2.16. The Hall–Kier alpha value is -1.62. The zero-order valence-corrected chi connectivity index (χ0v) is 12.7. The first kappa shape index (κ1) is 14.8. The number of carbonyl (C=O) groups is 1. The fraction of sp³-hybridized carbons (Fsp3) is 0.467. The number of aryl methyl sites for hydroxylation is 1. The molecule has 0 radical (unpaired) electrons. The van der Waals surface area contributed by atoms with Crippen molar-refractivity contribution in [2.24, 2.45) is 0 Å². The molecule has 1 aromatic carbocycles. The molecule has 2 rings (SSSR count). The number of nitrogens with zero attached hydrogens (tertiary/aromatic N) is 1. The van der Waals surface area contributed by atoms with E-state index in [4.69, 9.17) is 0 Å². The molecule has 0 spiro atoms. The van der Waals surface area contributed by atoms with Gasteiger partial charge in [-0.1, -0.05) is 30.6 Å². The molecule has 0 saturated carbocycles. The average Bonchev–Trinajstić information content (AvgIpc) is 2.76. The van der Waals surface area contributed by atoms with E-state index in [0.717, 1.165) is 16.5 Å². The van der Waals surface area contributed by atoms with E-state index in [9.17, 15) is 9.59 Å². The van der Waals surface area contributed by atoms with E-state index in [1.54, 1.807) is 3.96 Å². The molecule has 108 valence electrons. The second kappa shape index (κ2) is 6.70. The largest absolute Gasteiger partial charge is 0.354 e. The molecule has 0 fully saturated rings. The fourth-order valence-corrected chi connectivity index (χ4v) is 3.03. The number of rotatable bonds is 6. The molecule has 0 aliphatic carbocycles. The summed E-state index contributed by atoms with van der Waals surface area (Å²) < 4.78 is 2.74. The summed E-state index contributed by atoms with van der Waals surface area (Å²) in [5.74, 6) is 0.0634. The third-order valence-corrected chi connectivity index (χ3v) is 4.46. The van der Waals surface area contributed by atoms with Crippen LogP contribution in [0.1, 0.15) is 33.1 Å². The Morgan fingerprint density at radius 1 is 1.40 bits per heavy atom. The van der Waals surface area contributed by atoms with Gasteiger partial charge in [0.05, 0.1) is 10.1 Å². The number of amides is 1. The molecule has 2 aromatic rings. The Bertz CT molecular complexity index is 645. The van der Waals surface area contributed by atoms with E-state index < -0.39 is 0 Å². The summed E-state index contributed by atoms with van der Waals surface area (Å²) >= 11 is 1.47. The Morgan fingerprint density at radius 2 is 2.15 bits per heavy atom. The summed E-state index contributed by atoms with van der Waals surface area (Å²) in [6.07, 6.45) is 2.08. The van der Waals surface area contributed by atoms with E-state index in [0.29, 0.717) is 19.4 Å². The summed E-state index contributed by atoms with van der Waals surface area (Å²) in [6, 6.07) is 7.82. The van der Waals surface area contributed by atoms with Crippen molar-refractivity contribution in [1.82, 2.24) is 9.27 Å². The maximum Gasteiger partial charge on any atom is 0.268 e. The molecule has 1 aromatic heterocycles. The minimum Gasteiger partial charge on any atom is -0.354 e. The molecule has 20 heavy (non-hydrogen) atoms. The van der Waals surface area contributed by atoms with Crippen LogP contribution >= 0.6 is 11.5 Å². The maximum atomic E-state index is 12.1. The molecule has 0 unspecified atom stereocenters. The summed E-state index contributed by atoms with van der Waals surface area (Å²) in [7, 11) is 0. The predicted molar refractivity (Wildman–Crippen MR) is 83.2 cm³/mol. The minimum atomic E-state index is 0.0490. The predicted octanol–water partition coefficient (Wildman–Crippen LogP) is 2.76. The van der Waals surface area contributed by atoms with E-state index >= 15 is 0 Å². The minimum absolute atomic E-state index is 0.0490. The number of hydrogen-bond donors (Lipinski definition) is 1. The Morgan fingerprint density at radius 3 is 2.85 bits per heavy atom. The topological polar surface area (TPSA) is 51.1 Å². The van der Waals surface area contributed by atoms with Crippen molar-refractivity contribution < 1.29 is 4.79 Å². The second-order valence-electron chi connectivity index (χ2n) is 4.98. The van der Waals surface area contributed by atoms with Crippen molar-refractivity contribution in [2.45, 2.75) is 45.7 Å². The van der Waals surface area contributed by atoms with Crippen LogP contribution < -0.4 is 10.9 Å². The van der Waals surface area contributed by atoms with Crippen LogP contribution in [0.15, 0.2) is 29.1 Å². The van der Waals surface area contributed by atoms with Crippen LogP contribution in [-0.4, -0.2) is 15.9 Å². The van der Waals surface area contributed by atoms with Gasteiger partial charge in [0.25, 0.3) is 5.56 Å². The molecule has 1 atom stereocenters. The van der Waals surface area contributed by atoms with Crippen LogP contribution in [0.3, 0.4) is 0 Å². The van der Waals surface area contributed by atoms with Crippen molar-refractivity contribution in [1.29, 1.82) is 0 Å². The van der Waals surface area contributed by atoms with Crippen LogP contribution in [0.2, 0.25) is 0 Å². The number of carbonyl (C=O) groups excluding carboxylic acids is 1. The Balaban J connectivity index is 1.92. The summed E-state index contributed by atoms with van der Waals surface area (Å²) in [4.78, 5) is 23.8. The van der Waals surface area contributed by atoms with Gasteiger partial charge < -0.3 is 5.32 Å². The Kier molecular flexibility index (Phi) is 4.95. The first-order valence-electron chi connectivity index (χ1n) is 7.00. The monoisotopic (exact) mass is 292 g/mol. The molecule has 1 amide bonds. The second-order valence-corrected chi connectivity index (χ2v) is 6.04. The van der Waals surface area contributed by atoms with E-state index in [1.807, 2.05) is 38.1 Å². The number of nitrogens with one attached hydrogen (secondary N) is 1. The maximum absolute atomic E-state index is 12.1. The fourth-order valence-electron chi connectivity index (χ4n) is 2.00. The summed E-state index contributed by atoms with van der Waals surface area (Å²) in [6.45, 7) is 4.64. The SMILES string of the molecule is CC[C@@H](C)NC(=O)CCCn1sc2ccccc2c1=O. The van der Waals surface area contributed by atoms with Gasteiger partial charge in [0.1, 0.15) is 0 Å². The molecule has 0 bridgehead atoms. The summed E-state index contributed by atoms with van der Waals surface area (Å²) in [5.41, 5.74) is 0.0490. The number of aromatic nitrogens is 1. The molecule has 0 aliphatic rings. The van der Waals surface area contributed by atoms with Gasteiger partial charge in [-0.25, -0.2) is 0 Å². The smallest absolute Gasteiger partial charge is 0.268 e. The summed E-state index contributed by atoms with van der Waals surface area (Å²) in [5, 5.41) is 3.70. The van der Waals surface area contributed by atoms with Crippen molar-refractivity contribution in [3.63, 3.8) is 0 Å². The highest BCUT2D eigenvalue weighted by molar-refractivity contribution is 7.13. The number of benzene rings is 1. The van der Waals surface area contributed by atoms with Crippen molar-refractivity contribution in [3.05, 3.63) is 34.6 Å². The Labute approximate surface area is 122 Å². The highest BCUT2D eigenvalue weighted by atomic mass is 32.1. The van der Waals surface area contributed by atoms with Crippen LogP contribution in [0.25, 0.3) is 10.1 Å². The zero-order valence-electron chi connectivity index (χ0n) is 11.9. The molecule has 0 saturated heterocycles. The highest BCUT2D eigenvalue weighted by Gasteiger charge is 2.08. The average molecular weight is 292 g/mol. The van der Waals surface area contributed by atoms with Crippen molar-refractivity contribution >= 4 is 27.5 Å². The van der Waals surface area contributed by atoms with Gasteiger partial charge in [0, 0.05) is 19.0 Å². The molecular weight excluding hydrogens is 272 g/mol. The van der Waals surface area contributed by atoms with Gasteiger partial charge in [-0.3, -0.25) is 13.5 Å². The third-order valence-electron chi connectivity index (χ3n) is 3.34. The van der Waals surface area contributed by atoms with Crippen LogP contribution in [-0.2, 0) is 11.3 Å². The molecule has 4 nitrogen and oxygen atoms in total. The van der Waals surface area contributed by atoms with Crippen LogP contribution in [0.4, 0.5) is 0 Å². The van der Waals surface area contributed by atoms with E-state index in [2.05, 4.69) is 5.32 Å². The quantitative estimate of drug-likeness (QED) is 0.890. The van der Waals surface area contributed by atoms with E-state index in [1.165, 1.54) is 11.5 Å². The first-order valence-corrected chi connectivity index (χ1v) is 7.77. The van der Waals surface area contributed by atoms with Gasteiger partial charge in [0.2, 0.25) is 5.91 Å². The molecule has 1 heterocycles. The molecule has 0 aliphatic heterocycles. The zero-order chi connectivity index (χ0) is 14.5. The van der Waals surface area contributed by atoms with Gasteiger partial charge >= 0.3 is 0 Å². The number of fused-ring (bicyclic) bond motifs is 1. The normalized spacial score (nSPS) is 12.5. The van der Waals surface area contributed by atoms with Gasteiger partial charge in [-0.2, -0.15) is 0 Å². The van der Waals surface area contributed by atoms with Gasteiger partial charge in [0.15, 0.2) is 0 Å². The standard InChI is InChI=1S/C15H20N2O2S/c1-3-11(2)16-14(18)9-6-10-17-15(19)12-7-4-5-8-13(12)20-17/h4-5,7-8,11H,3,6,9-10H2,1-2H3,(H,16,18)/t11-/m1/s1. The van der Waals surface area contributed by atoms with Gasteiger partial charge in [-0.05, 0) is 31.9 Å². The third kappa shape index (κ3) is 3.48. The lowest BCUT2D eigenvalue weighted by Gasteiger charge is -2.10.